The summed E-state index contributed by atoms with van der Waals surface area (Å²) in [5, 5.41) is 3.51. The molecule has 0 atom stereocenters. The van der Waals surface area contributed by atoms with Gasteiger partial charge < -0.3 is 19.8 Å². The number of imidazole rings is 1. The van der Waals surface area contributed by atoms with E-state index >= 15 is 0 Å². The van der Waals surface area contributed by atoms with Crippen LogP contribution in [0.2, 0.25) is 0 Å². The summed E-state index contributed by atoms with van der Waals surface area (Å²) >= 11 is 0. The highest BCUT2D eigenvalue weighted by atomic mass is 16.5. The van der Waals surface area contributed by atoms with Crippen LogP contribution >= 0.6 is 0 Å². The van der Waals surface area contributed by atoms with Crippen molar-refractivity contribution in [3.05, 3.63) is 89.7 Å². The van der Waals surface area contributed by atoms with Gasteiger partial charge in [-0.3, -0.25) is 0 Å². The van der Waals surface area contributed by atoms with Crippen molar-refractivity contribution in [2.45, 2.75) is 32.9 Å². The number of rotatable bonds is 11. The molecule has 0 aliphatic rings. The number of hydrogen-bond donors (Lipinski definition) is 2. The molecule has 31 heavy (non-hydrogen) atoms. The number of ether oxygens (including phenoxy) is 2. The van der Waals surface area contributed by atoms with E-state index in [1.807, 2.05) is 49.4 Å². The van der Waals surface area contributed by atoms with Gasteiger partial charge in [-0.05, 0) is 55.3 Å². The predicted octanol–water partition coefficient (Wildman–Crippen LogP) is 5.26. The second kappa shape index (κ2) is 10.6. The van der Waals surface area contributed by atoms with Gasteiger partial charge in [0.2, 0.25) is 0 Å². The van der Waals surface area contributed by atoms with Crippen LogP contribution in [0.5, 0.6) is 11.5 Å². The average molecular weight is 416 g/mol. The van der Waals surface area contributed by atoms with E-state index in [2.05, 4.69) is 45.6 Å². The van der Waals surface area contributed by atoms with Crippen LogP contribution < -0.4 is 14.8 Å². The first kappa shape index (κ1) is 20.9. The van der Waals surface area contributed by atoms with Gasteiger partial charge in [-0.1, -0.05) is 48.5 Å². The minimum absolute atomic E-state index is 0.528. The maximum atomic E-state index is 5.99. The third-order valence-electron chi connectivity index (χ3n) is 5.08. The van der Waals surface area contributed by atoms with Gasteiger partial charge in [-0.2, -0.15) is 0 Å². The summed E-state index contributed by atoms with van der Waals surface area (Å²) in [5.41, 5.74) is 4.45. The fraction of sp³-hybridized carbons (Fsp3) is 0.269. The van der Waals surface area contributed by atoms with Crippen LogP contribution in [0.4, 0.5) is 0 Å². The number of nitrogens with one attached hydrogen (secondary N) is 2. The molecule has 0 spiro atoms. The van der Waals surface area contributed by atoms with E-state index < -0.39 is 0 Å². The summed E-state index contributed by atoms with van der Waals surface area (Å²) in [6.45, 7) is 4.84. The second-order valence-electron chi connectivity index (χ2n) is 7.47. The Morgan fingerprint density at radius 2 is 1.71 bits per heavy atom. The molecule has 0 fully saturated rings. The van der Waals surface area contributed by atoms with Crippen molar-refractivity contribution in [2.75, 3.05) is 13.2 Å². The summed E-state index contributed by atoms with van der Waals surface area (Å²) in [6.07, 6.45) is 1.95. The van der Waals surface area contributed by atoms with Crippen molar-refractivity contribution in [1.29, 1.82) is 0 Å². The Hall–Kier alpha value is -3.31. The van der Waals surface area contributed by atoms with Crippen LogP contribution in [0, 0.1) is 0 Å². The largest absolute Gasteiger partial charge is 0.490 e. The maximum absolute atomic E-state index is 5.99. The number of hydrogen-bond acceptors (Lipinski definition) is 4. The summed E-state index contributed by atoms with van der Waals surface area (Å²) in [7, 11) is 0. The first-order chi connectivity index (χ1) is 15.3. The number of benzene rings is 3. The lowest BCUT2D eigenvalue weighted by Gasteiger charge is -2.14. The van der Waals surface area contributed by atoms with Gasteiger partial charge in [0, 0.05) is 13.0 Å². The Balaban J connectivity index is 1.26. The fourth-order valence-electron chi connectivity index (χ4n) is 3.52. The molecular weight excluding hydrogens is 386 g/mol. The zero-order valence-corrected chi connectivity index (χ0v) is 17.9. The Bertz CT molecular complexity index is 1060. The smallest absolute Gasteiger partial charge is 0.161 e. The number of aromatic nitrogens is 2. The molecule has 0 aliphatic carbocycles. The van der Waals surface area contributed by atoms with Crippen molar-refractivity contribution < 1.29 is 9.47 Å². The quantitative estimate of drug-likeness (QED) is 0.328. The molecule has 0 saturated heterocycles. The zero-order chi connectivity index (χ0) is 21.3. The molecule has 2 N–H and O–H groups in total. The van der Waals surface area contributed by atoms with Gasteiger partial charge in [0.15, 0.2) is 11.5 Å². The monoisotopic (exact) mass is 415 g/mol. The highest BCUT2D eigenvalue weighted by Crippen LogP contribution is 2.29. The molecular formula is C26H29N3O2. The Morgan fingerprint density at radius 3 is 2.55 bits per heavy atom. The average Bonchev–Trinajstić information content (AvgIpc) is 3.22. The number of aryl methyl sites for hydroxylation is 1. The molecule has 3 aromatic carbocycles. The molecule has 5 heteroatoms. The molecule has 0 bridgehead atoms. The van der Waals surface area contributed by atoms with Crippen molar-refractivity contribution in [1.82, 2.24) is 15.3 Å². The second-order valence-corrected chi connectivity index (χ2v) is 7.47. The normalized spacial score (nSPS) is 11.0. The van der Waals surface area contributed by atoms with Gasteiger partial charge in [0.1, 0.15) is 12.4 Å². The van der Waals surface area contributed by atoms with Crippen molar-refractivity contribution in [3.63, 3.8) is 0 Å². The SMILES string of the molecule is CCOc1cc(CNCCCc2nc3ccccc3[nH]2)ccc1OCc1ccccc1. The Labute approximate surface area is 183 Å². The highest BCUT2D eigenvalue weighted by Gasteiger charge is 2.07. The van der Waals surface area contributed by atoms with Gasteiger partial charge in [-0.25, -0.2) is 4.98 Å². The number of fused-ring (bicyclic) bond motifs is 1. The van der Waals surface area contributed by atoms with E-state index in [0.717, 1.165) is 59.9 Å². The minimum Gasteiger partial charge on any atom is -0.490 e. The van der Waals surface area contributed by atoms with Crippen LogP contribution in [0.15, 0.2) is 72.8 Å². The van der Waals surface area contributed by atoms with E-state index in [-0.39, 0.29) is 0 Å². The van der Waals surface area contributed by atoms with E-state index in [9.17, 15) is 0 Å². The molecule has 0 aliphatic heterocycles. The van der Waals surface area contributed by atoms with E-state index in [1.54, 1.807) is 0 Å². The molecule has 1 heterocycles. The molecule has 0 radical (unpaired) electrons. The molecule has 0 saturated carbocycles. The molecule has 0 unspecified atom stereocenters. The van der Waals surface area contributed by atoms with E-state index in [4.69, 9.17) is 9.47 Å². The van der Waals surface area contributed by atoms with Gasteiger partial charge in [-0.15, -0.1) is 0 Å². The predicted molar refractivity (Wildman–Crippen MR) is 125 cm³/mol. The lowest BCUT2D eigenvalue weighted by atomic mass is 10.2. The van der Waals surface area contributed by atoms with Crippen LogP contribution in [0.3, 0.4) is 0 Å². The molecule has 1 aromatic heterocycles. The summed E-state index contributed by atoms with van der Waals surface area (Å²) in [5.74, 6) is 2.61. The summed E-state index contributed by atoms with van der Waals surface area (Å²) in [6, 6.07) is 24.5. The van der Waals surface area contributed by atoms with Crippen LogP contribution in [0.25, 0.3) is 11.0 Å². The lowest BCUT2D eigenvalue weighted by molar-refractivity contribution is 0.269. The summed E-state index contributed by atoms with van der Waals surface area (Å²) in [4.78, 5) is 8.02. The highest BCUT2D eigenvalue weighted by molar-refractivity contribution is 5.74. The van der Waals surface area contributed by atoms with Crippen molar-refractivity contribution in [3.8, 4) is 11.5 Å². The fourth-order valence-corrected chi connectivity index (χ4v) is 3.52. The molecule has 0 amide bonds. The molecule has 4 aromatic rings. The van der Waals surface area contributed by atoms with Gasteiger partial charge in [0.05, 0.1) is 17.6 Å². The number of aromatic amines is 1. The van der Waals surface area contributed by atoms with E-state index in [1.165, 1.54) is 5.56 Å². The standard InChI is InChI=1S/C26H29N3O2/c1-2-30-25-17-21(14-15-24(25)31-19-20-9-4-3-5-10-20)18-27-16-8-13-26-28-22-11-6-7-12-23(22)29-26/h3-7,9-12,14-15,17,27H,2,8,13,16,18-19H2,1H3,(H,28,29). The van der Waals surface area contributed by atoms with Crippen LogP contribution in [-0.2, 0) is 19.6 Å². The minimum atomic E-state index is 0.528. The van der Waals surface area contributed by atoms with E-state index in [0.29, 0.717) is 13.2 Å². The maximum Gasteiger partial charge on any atom is 0.161 e. The number of nitrogens with zero attached hydrogens (tertiary/aromatic N) is 1. The summed E-state index contributed by atoms with van der Waals surface area (Å²) < 4.78 is 11.8. The zero-order valence-electron chi connectivity index (χ0n) is 17.9. The van der Waals surface area contributed by atoms with Gasteiger partial charge >= 0.3 is 0 Å². The Morgan fingerprint density at radius 1 is 0.871 bits per heavy atom. The van der Waals surface area contributed by atoms with Crippen molar-refractivity contribution >= 4 is 11.0 Å². The third kappa shape index (κ3) is 5.86. The molecule has 160 valence electrons. The van der Waals surface area contributed by atoms with Crippen LogP contribution in [-0.4, -0.2) is 23.1 Å². The first-order valence-corrected chi connectivity index (χ1v) is 10.9. The molecule has 5 nitrogen and oxygen atoms in total. The topological polar surface area (TPSA) is 59.2 Å². The Kier molecular flexibility index (Phi) is 7.19. The van der Waals surface area contributed by atoms with Crippen molar-refractivity contribution in [2.24, 2.45) is 0 Å². The van der Waals surface area contributed by atoms with Gasteiger partial charge in [0.25, 0.3) is 0 Å². The van der Waals surface area contributed by atoms with Crippen LogP contribution in [0.1, 0.15) is 30.3 Å². The lowest BCUT2D eigenvalue weighted by Crippen LogP contribution is -2.15. The third-order valence-corrected chi connectivity index (χ3v) is 5.08. The first-order valence-electron chi connectivity index (χ1n) is 10.9. The number of H-pyrrole nitrogens is 1. The number of para-hydroxylation sites is 2. The molecule has 4 rings (SSSR count).